The second-order valence-corrected chi connectivity index (χ2v) is 14.2. The van der Waals surface area contributed by atoms with E-state index in [4.69, 9.17) is 0 Å². The maximum absolute atomic E-state index is 12.7. The molecular formula is C52H52N2O2. The van der Waals surface area contributed by atoms with Crippen LogP contribution in [0.25, 0.3) is 44.5 Å². The SMILES string of the molecule is CCNCC.CCNCC.OC1(c2ccccc2-c2ccc(-c3ccccc3C3(O)c4ccccc4-c4ccccc43)cc2)c2ccccc2-c2ccccc21. The van der Waals surface area contributed by atoms with E-state index in [1.54, 1.807) is 0 Å². The topological polar surface area (TPSA) is 64.5 Å². The Balaban J connectivity index is 0.000000431. The van der Waals surface area contributed by atoms with Gasteiger partial charge < -0.3 is 20.8 Å². The Labute approximate surface area is 332 Å². The van der Waals surface area contributed by atoms with Gasteiger partial charge in [-0.15, -0.1) is 0 Å². The molecule has 0 amide bonds. The molecule has 0 unspecified atom stereocenters. The van der Waals surface area contributed by atoms with Crippen molar-refractivity contribution in [2.24, 2.45) is 0 Å². The smallest absolute Gasteiger partial charge is 0.142 e. The zero-order valence-corrected chi connectivity index (χ0v) is 32.9. The monoisotopic (exact) mass is 736 g/mol. The molecule has 282 valence electrons. The van der Waals surface area contributed by atoms with Crippen LogP contribution in [-0.2, 0) is 11.2 Å². The number of aliphatic hydroxyl groups is 2. The van der Waals surface area contributed by atoms with Crippen molar-refractivity contribution in [1.29, 1.82) is 0 Å². The first kappa shape index (κ1) is 38.6. The summed E-state index contributed by atoms with van der Waals surface area (Å²) in [5.74, 6) is 0. The van der Waals surface area contributed by atoms with Gasteiger partial charge in [0.05, 0.1) is 0 Å². The number of fused-ring (bicyclic) bond motifs is 6. The van der Waals surface area contributed by atoms with Crippen LogP contribution in [0.15, 0.2) is 170 Å². The Kier molecular flexibility index (Phi) is 11.8. The number of hydrogen-bond donors (Lipinski definition) is 4. The molecule has 0 aromatic heterocycles. The molecular weight excluding hydrogens is 685 g/mol. The highest BCUT2D eigenvalue weighted by molar-refractivity contribution is 5.87. The van der Waals surface area contributed by atoms with Crippen molar-refractivity contribution in [3.05, 3.63) is 203 Å². The van der Waals surface area contributed by atoms with E-state index in [1.807, 2.05) is 109 Å². The summed E-state index contributed by atoms with van der Waals surface area (Å²) < 4.78 is 0. The number of nitrogens with one attached hydrogen (secondary N) is 2. The first-order chi connectivity index (χ1) is 27.4. The predicted molar refractivity (Wildman–Crippen MR) is 234 cm³/mol. The van der Waals surface area contributed by atoms with E-state index in [-0.39, 0.29) is 0 Å². The van der Waals surface area contributed by atoms with Crippen molar-refractivity contribution in [3.8, 4) is 44.5 Å². The summed E-state index contributed by atoms with van der Waals surface area (Å²) in [6.07, 6.45) is 0. The highest BCUT2D eigenvalue weighted by Crippen LogP contribution is 2.54. The number of rotatable bonds is 8. The van der Waals surface area contributed by atoms with Gasteiger partial charge in [-0.05, 0) is 70.7 Å². The molecule has 0 saturated carbocycles. The molecule has 0 saturated heterocycles. The molecule has 0 aliphatic heterocycles. The Hall–Kier alpha value is -5.62. The van der Waals surface area contributed by atoms with Crippen LogP contribution in [0.3, 0.4) is 0 Å². The molecule has 4 heteroatoms. The van der Waals surface area contributed by atoms with Gasteiger partial charge in [-0.2, -0.15) is 0 Å². The van der Waals surface area contributed by atoms with Crippen LogP contribution in [0.5, 0.6) is 0 Å². The van der Waals surface area contributed by atoms with Gasteiger partial charge in [-0.25, -0.2) is 0 Å². The fourth-order valence-electron chi connectivity index (χ4n) is 8.43. The van der Waals surface area contributed by atoms with E-state index in [9.17, 15) is 10.2 Å². The second kappa shape index (κ2) is 17.0. The van der Waals surface area contributed by atoms with Gasteiger partial charge in [0.25, 0.3) is 0 Å². The van der Waals surface area contributed by atoms with Crippen LogP contribution in [-0.4, -0.2) is 36.4 Å². The lowest BCUT2D eigenvalue weighted by atomic mass is 9.79. The van der Waals surface area contributed by atoms with Crippen molar-refractivity contribution in [3.63, 3.8) is 0 Å². The molecule has 4 nitrogen and oxygen atoms in total. The van der Waals surface area contributed by atoms with E-state index in [0.717, 1.165) is 104 Å². The Morgan fingerprint density at radius 1 is 0.304 bits per heavy atom. The predicted octanol–water partition coefficient (Wildman–Crippen LogP) is 10.8. The largest absolute Gasteiger partial charge is 0.376 e. The van der Waals surface area contributed by atoms with Crippen LogP contribution in [0, 0.1) is 0 Å². The average Bonchev–Trinajstić information content (AvgIpc) is 3.68. The molecule has 0 bridgehead atoms. The molecule has 2 aliphatic carbocycles. The molecule has 56 heavy (non-hydrogen) atoms. The zero-order valence-electron chi connectivity index (χ0n) is 32.9. The molecule has 0 radical (unpaired) electrons. The van der Waals surface area contributed by atoms with Gasteiger partial charge in [0.2, 0.25) is 0 Å². The molecule has 2 aliphatic rings. The van der Waals surface area contributed by atoms with E-state index in [0.29, 0.717) is 0 Å². The molecule has 7 aromatic carbocycles. The molecule has 0 fully saturated rings. The Morgan fingerprint density at radius 3 is 0.714 bits per heavy atom. The molecule has 4 N–H and O–H groups in total. The first-order valence-electron chi connectivity index (χ1n) is 20.0. The third kappa shape index (κ3) is 6.80. The summed E-state index contributed by atoms with van der Waals surface area (Å²) in [7, 11) is 0. The average molecular weight is 737 g/mol. The second-order valence-electron chi connectivity index (χ2n) is 14.2. The third-order valence-corrected chi connectivity index (χ3v) is 11.0. The molecule has 9 rings (SSSR count). The minimum Gasteiger partial charge on any atom is -0.376 e. The third-order valence-electron chi connectivity index (χ3n) is 11.0. The van der Waals surface area contributed by atoms with E-state index < -0.39 is 11.2 Å². The highest BCUT2D eigenvalue weighted by Gasteiger charge is 2.45. The summed E-state index contributed by atoms with van der Waals surface area (Å²) in [4.78, 5) is 0. The minimum absolute atomic E-state index is 0.856. The lowest BCUT2D eigenvalue weighted by molar-refractivity contribution is 0.131. The lowest BCUT2D eigenvalue weighted by Gasteiger charge is -2.29. The maximum Gasteiger partial charge on any atom is 0.142 e. The number of hydrogen-bond acceptors (Lipinski definition) is 4. The Bertz CT molecular complexity index is 2150. The van der Waals surface area contributed by atoms with Crippen LogP contribution < -0.4 is 10.6 Å². The minimum atomic E-state index is -1.28. The summed E-state index contributed by atoms with van der Waals surface area (Å²) in [6.45, 7) is 12.8. The molecule has 0 heterocycles. The van der Waals surface area contributed by atoms with E-state index in [2.05, 4.69) is 99.0 Å². The van der Waals surface area contributed by atoms with E-state index >= 15 is 0 Å². The molecule has 0 atom stereocenters. The summed E-state index contributed by atoms with van der Waals surface area (Å²) in [5.41, 5.74) is 11.0. The zero-order chi connectivity index (χ0) is 39.1. The molecule has 7 aromatic rings. The highest BCUT2D eigenvalue weighted by atomic mass is 16.3. The van der Waals surface area contributed by atoms with Crippen molar-refractivity contribution in [2.75, 3.05) is 26.2 Å². The normalized spacial score (nSPS) is 13.5. The lowest BCUT2D eigenvalue weighted by Crippen LogP contribution is -2.27. The van der Waals surface area contributed by atoms with Crippen molar-refractivity contribution < 1.29 is 10.2 Å². The van der Waals surface area contributed by atoms with Crippen LogP contribution in [0.1, 0.15) is 61.1 Å². The van der Waals surface area contributed by atoms with Crippen molar-refractivity contribution >= 4 is 0 Å². The quantitative estimate of drug-likeness (QED) is 0.125. The standard InChI is InChI=1S/C44H30O2.2C4H11N/c45-43(39-21-9-3-15-33(39)34-16-4-10-22-40(34)43)37-19-7-1-13-31(37)29-25-27-30(28-26-29)32-14-2-8-20-38(32)44(46)41-23-11-5-17-35(41)36-18-6-12-24-42(36)44;2*1-3-5-4-2/h1-28,45-46H;2*5H,3-4H2,1-2H3. The fourth-order valence-corrected chi connectivity index (χ4v) is 8.43. The fraction of sp³-hybridized carbons (Fsp3) is 0.192. The van der Waals surface area contributed by atoms with Crippen LogP contribution >= 0.6 is 0 Å². The van der Waals surface area contributed by atoms with Gasteiger partial charge in [0.1, 0.15) is 11.2 Å². The van der Waals surface area contributed by atoms with Gasteiger partial charge in [-0.3, -0.25) is 0 Å². The van der Waals surface area contributed by atoms with Gasteiger partial charge in [0.15, 0.2) is 0 Å². The Morgan fingerprint density at radius 2 is 0.500 bits per heavy atom. The first-order valence-corrected chi connectivity index (χ1v) is 20.0. The van der Waals surface area contributed by atoms with E-state index in [1.165, 1.54) is 0 Å². The van der Waals surface area contributed by atoms with Crippen molar-refractivity contribution in [1.82, 2.24) is 10.6 Å². The number of benzene rings is 7. The van der Waals surface area contributed by atoms with Crippen molar-refractivity contribution in [2.45, 2.75) is 38.9 Å². The van der Waals surface area contributed by atoms with Gasteiger partial charge >= 0.3 is 0 Å². The van der Waals surface area contributed by atoms with Gasteiger partial charge in [-0.1, -0.05) is 198 Å². The van der Waals surface area contributed by atoms with Crippen LogP contribution in [0.4, 0.5) is 0 Å². The summed E-state index contributed by atoms with van der Waals surface area (Å²) in [6, 6.07) is 57.5. The van der Waals surface area contributed by atoms with Crippen LogP contribution in [0.2, 0.25) is 0 Å². The molecule has 0 spiro atoms. The summed E-state index contributed by atoms with van der Waals surface area (Å²) >= 11 is 0. The van der Waals surface area contributed by atoms with Gasteiger partial charge in [0, 0.05) is 33.4 Å². The maximum atomic E-state index is 12.7. The summed E-state index contributed by atoms with van der Waals surface area (Å²) in [5, 5.41) is 31.5.